The lowest BCUT2D eigenvalue weighted by atomic mass is 9.54. The highest BCUT2D eigenvalue weighted by atomic mass is 16.3. The van der Waals surface area contributed by atoms with E-state index in [1.165, 1.54) is 11.8 Å². The van der Waals surface area contributed by atoms with Gasteiger partial charge in [0.15, 0.2) is 5.96 Å². The minimum atomic E-state index is -1.43. The summed E-state index contributed by atoms with van der Waals surface area (Å²) in [5, 5.41) is 55.3. The van der Waals surface area contributed by atoms with Crippen LogP contribution in [-0.2, 0) is 6.42 Å². The van der Waals surface area contributed by atoms with Crippen molar-refractivity contribution in [1.29, 1.82) is 0 Å². The first-order valence-electron chi connectivity index (χ1n) is 18.2. The zero-order chi connectivity index (χ0) is 32.8. The number of aliphatic imine (C=N–C) groups is 1. The molecule has 9 atom stereocenters. The number of para-hydroxylation sites is 1. The van der Waals surface area contributed by atoms with E-state index < -0.39 is 28.8 Å². The number of aliphatic hydroxyl groups excluding tert-OH is 2. The highest BCUT2D eigenvalue weighted by Crippen LogP contribution is 2.69. The monoisotopic (exact) mass is 642 g/mol. The van der Waals surface area contributed by atoms with E-state index in [-0.39, 0.29) is 42.6 Å². The Kier molecular flexibility index (Phi) is 8.97. The lowest BCUT2D eigenvalue weighted by molar-refractivity contribution is -0.142. The number of aromatic nitrogens is 1. The van der Waals surface area contributed by atoms with Crippen molar-refractivity contribution < 1.29 is 20.4 Å². The van der Waals surface area contributed by atoms with Gasteiger partial charge in [-0.1, -0.05) is 55.5 Å². The van der Waals surface area contributed by atoms with Crippen LogP contribution < -0.4 is 10.6 Å². The van der Waals surface area contributed by atoms with Gasteiger partial charge in [-0.3, -0.25) is 4.99 Å². The average Bonchev–Trinajstić information content (AvgIpc) is 3.55. The Morgan fingerprint density at radius 1 is 1.06 bits per heavy atom. The van der Waals surface area contributed by atoms with Gasteiger partial charge in [-0.25, -0.2) is 0 Å². The summed E-state index contributed by atoms with van der Waals surface area (Å²) >= 11 is 0. The van der Waals surface area contributed by atoms with Crippen molar-refractivity contribution in [2.24, 2.45) is 40.0 Å². The van der Waals surface area contributed by atoms with Gasteiger partial charge in [0, 0.05) is 56.1 Å². The second-order valence-electron chi connectivity index (χ2n) is 15.5. The van der Waals surface area contributed by atoms with Crippen LogP contribution in [0.15, 0.2) is 47.5 Å². The first-order valence-corrected chi connectivity index (χ1v) is 18.2. The summed E-state index contributed by atoms with van der Waals surface area (Å²) in [6, 6.07) is 10.1. The third-order valence-electron chi connectivity index (χ3n) is 13.2. The Balaban J connectivity index is 1.32. The molecular weight excluding hydrogens is 588 g/mol. The largest absolute Gasteiger partial charge is 0.396 e. The maximum absolute atomic E-state index is 13.3. The Morgan fingerprint density at radius 2 is 1.87 bits per heavy atom. The number of allylic oxidation sites excluding steroid dienone is 1. The molecule has 0 amide bonds. The molecule has 6 aliphatic carbocycles. The molecule has 0 spiro atoms. The lowest BCUT2D eigenvalue weighted by Gasteiger charge is -2.51. The predicted molar refractivity (Wildman–Crippen MR) is 185 cm³/mol. The van der Waals surface area contributed by atoms with Crippen LogP contribution in [0.4, 0.5) is 0 Å². The van der Waals surface area contributed by atoms with E-state index in [1.54, 1.807) is 7.05 Å². The first-order chi connectivity index (χ1) is 22.7. The molecule has 2 aromatic rings. The van der Waals surface area contributed by atoms with Crippen LogP contribution in [0.5, 0.6) is 0 Å². The molecule has 0 aliphatic heterocycles. The van der Waals surface area contributed by atoms with E-state index in [2.05, 4.69) is 56.7 Å². The maximum atomic E-state index is 13.3. The molecule has 0 saturated heterocycles. The summed E-state index contributed by atoms with van der Waals surface area (Å²) in [4.78, 5) is 8.01. The van der Waals surface area contributed by atoms with Gasteiger partial charge in [-0.15, -0.1) is 5.92 Å². The summed E-state index contributed by atoms with van der Waals surface area (Å²) < 4.78 is 0. The summed E-state index contributed by atoms with van der Waals surface area (Å²) in [5.74, 6) is 7.46. The zero-order valence-corrected chi connectivity index (χ0v) is 28.0. The molecule has 8 rings (SSSR count). The number of fused-ring (bicyclic) bond motifs is 2. The van der Waals surface area contributed by atoms with Crippen molar-refractivity contribution in [1.82, 2.24) is 15.6 Å². The molecule has 0 unspecified atom stereocenters. The van der Waals surface area contributed by atoms with Crippen molar-refractivity contribution in [2.45, 2.75) is 107 Å². The second-order valence-corrected chi connectivity index (χ2v) is 15.5. The number of benzene rings is 1. The fraction of sp³-hybridized carbons (Fsp3) is 0.667. The van der Waals surface area contributed by atoms with Gasteiger partial charge in [0.25, 0.3) is 0 Å². The zero-order valence-electron chi connectivity index (χ0n) is 28.0. The fourth-order valence-electron chi connectivity index (χ4n) is 11.1. The number of guanidine groups is 1. The van der Waals surface area contributed by atoms with Gasteiger partial charge in [-0.2, -0.15) is 0 Å². The standard InChI is InChI=1S/C39H54N4O4/c1-25(20-30-21-26-10-6-7-14-33(26)42-30)37-17-8-13-29(43-36(40-2)41-18-9-19-44)24-38(46)34(45)22-32-35(38)31(37)16-15-28(23-37)39(32,47)27-11-4-3-5-12-27/h6-7,10,14,21,27-29,31-32,34-35,42,44-47H,1,3-5,9,11-12,15-20,22-24H2,2H3,(H2,40,41,43)/t28-,29+,31-,32+,34-,35+,37-,38+,39-/m1/s1. The van der Waals surface area contributed by atoms with Gasteiger partial charge in [0.1, 0.15) is 0 Å². The molecule has 47 heavy (non-hydrogen) atoms. The van der Waals surface area contributed by atoms with Crippen molar-refractivity contribution in [3.05, 3.63) is 48.2 Å². The normalized spacial score (nSPS) is 38.5. The number of nitrogens with one attached hydrogen (secondary N) is 3. The van der Waals surface area contributed by atoms with Crippen LogP contribution in [0.1, 0.15) is 82.7 Å². The highest BCUT2D eigenvalue weighted by molar-refractivity contribution is 5.81. The SMILES string of the molecule is C=C(Cc1cc2ccccc2[nH]1)[C@]12CC#C[C@H](NC(=NC)NCCCO)C[C@@]3(O)[C@H]4[C@H]1CC[C@H](C2)[C@](O)(C1CCCCC1)[C@H]4C[C@H]3O. The first kappa shape index (κ1) is 32.7. The molecule has 8 heteroatoms. The topological polar surface area (TPSA) is 133 Å². The number of aromatic amines is 1. The van der Waals surface area contributed by atoms with Crippen LogP contribution in [0.2, 0.25) is 0 Å². The Labute approximate surface area is 279 Å². The molecule has 6 aliphatic rings. The molecule has 1 heterocycles. The predicted octanol–water partition coefficient (Wildman–Crippen LogP) is 4.44. The fourth-order valence-corrected chi connectivity index (χ4v) is 11.1. The summed E-state index contributed by atoms with van der Waals surface area (Å²) in [6.07, 6.45) is 9.73. The number of rotatable bonds is 8. The molecule has 1 aromatic carbocycles. The number of hydrogen-bond donors (Lipinski definition) is 7. The Bertz CT molecular complexity index is 1520. The van der Waals surface area contributed by atoms with Gasteiger partial charge in [0.05, 0.1) is 23.3 Å². The minimum Gasteiger partial charge on any atom is -0.396 e. The Morgan fingerprint density at radius 3 is 2.64 bits per heavy atom. The molecule has 5 saturated carbocycles. The van der Waals surface area contributed by atoms with Crippen LogP contribution in [0, 0.1) is 46.8 Å². The molecule has 7 N–H and O–H groups in total. The van der Waals surface area contributed by atoms with Gasteiger partial charge in [-0.05, 0) is 92.1 Å². The van der Waals surface area contributed by atoms with Gasteiger partial charge < -0.3 is 36.0 Å². The van der Waals surface area contributed by atoms with E-state index in [4.69, 9.17) is 6.58 Å². The number of H-pyrrole nitrogens is 1. The summed E-state index contributed by atoms with van der Waals surface area (Å²) in [6.45, 7) is 5.48. The highest BCUT2D eigenvalue weighted by Gasteiger charge is 2.71. The third kappa shape index (κ3) is 5.52. The third-order valence-corrected chi connectivity index (χ3v) is 13.2. The van der Waals surface area contributed by atoms with Crippen LogP contribution >= 0.6 is 0 Å². The minimum absolute atomic E-state index is 0.0513. The Hall–Kier alpha value is -2.83. The van der Waals surface area contributed by atoms with Crippen LogP contribution in [-0.4, -0.2) is 74.9 Å². The molecule has 5 fully saturated rings. The summed E-state index contributed by atoms with van der Waals surface area (Å²) in [7, 11) is 1.70. The van der Waals surface area contributed by atoms with Crippen molar-refractivity contribution in [2.75, 3.05) is 20.2 Å². The number of nitrogens with zero attached hydrogens (tertiary/aromatic N) is 1. The molecule has 254 valence electrons. The van der Waals surface area contributed by atoms with E-state index in [0.717, 1.165) is 61.7 Å². The smallest absolute Gasteiger partial charge is 0.191 e. The van der Waals surface area contributed by atoms with Crippen molar-refractivity contribution >= 4 is 16.9 Å². The molecule has 0 radical (unpaired) electrons. The van der Waals surface area contributed by atoms with Gasteiger partial charge >= 0.3 is 0 Å². The average molecular weight is 643 g/mol. The molecule has 8 nitrogen and oxygen atoms in total. The van der Waals surface area contributed by atoms with Gasteiger partial charge in [0.2, 0.25) is 0 Å². The lowest BCUT2D eigenvalue weighted by Crippen LogP contribution is -2.55. The van der Waals surface area contributed by atoms with E-state index in [9.17, 15) is 20.4 Å². The van der Waals surface area contributed by atoms with E-state index in [1.807, 2.05) is 6.07 Å². The van der Waals surface area contributed by atoms with Crippen LogP contribution in [0.3, 0.4) is 0 Å². The van der Waals surface area contributed by atoms with Crippen LogP contribution in [0.25, 0.3) is 10.9 Å². The van der Waals surface area contributed by atoms with E-state index in [0.29, 0.717) is 38.2 Å². The summed E-state index contributed by atoms with van der Waals surface area (Å²) in [5.41, 5.74) is 0.590. The quantitative estimate of drug-likeness (QED) is 0.0749. The molecule has 1 aromatic heterocycles. The second kappa shape index (κ2) is 12.9. The molecule has 4 bridgehead atoms. The number of hydrogen-bond acceptors (Lipinski definition) is 5. The number of aliphatic hydroxyl groups is 4. The molecular formula is C39H54N4O4. The maximum Gasteiger partial charge on any atom is 0.191 e. The van der Waals surface area contributed by atoms with E-state index >= 15 is 0 Å². The van der Waals surface area contributed by atoms with Crippen molar-refractivity contribution in [3.8, 4) is 11.8 Å². The van der Waals surface area contributed by atoms with Crippen molar-refractivity contribution in [3.63, 3.8) is 0 Å².